The van der Waals surface area contributed by atoms with Crippen molar-refractivity contribution in [3.63, 3.8) is 0 Å². The molecule has 0 radical (unpaired) electrons. The average Bonchev–Trinajstić information content (AvgIpc) is 2.18. The predicted octanol–water partition coefficient (Wildman–Crippen LogP) is 0.722. The molecule has 5 heteroatoms. The van der Waals surface area contributed by atoms with Gasteiger partial charge in [0.05, 0.1) is 0 Å². The number of halogens is 1. The summed E-state index contributed by atoms with van der Waals surface area (Å²) >= 11 is 3.31. The molecular weight excluding hydrogens is 248 g/mol. The molecule has 0 aliphatic heterocycles. The number of hydrogen-bond acceptors (Lipinski definition) is 2. The van der Waals surface area contributed by atoms with Crippen LogP contribution in [0.2, 0.25) is 0 Å². The van der Waals surface area contributed by atoms with Crippen molar-refractivity contribution in [2.75, 3.05) is 5.33 Å². The van der Waals surface area contributed by atoms with Gasteiger partial charge in [-0.15, -0.1) is 0 Å². The molecule has 78 valence electrons. The number of rotatable bonds is 4. The van der Waals surface area contributed by atoms with Crippen molar-refractivity contribution in [3.8, 4) is 0 Å². The lowest BCUT2D eigenvalue weighted by Crippen LogP contribution is -2.39. The predicted molar refractivity (Wildman–Crippen MR) is 59.0 cm³/mol. The lowest BCUT2D eigenvalue weighted by molar-refractivity contribution is 0.595. The molecule has 1 heterocycles. The highest BCUT2D eigenvalue weighted by atomic mass is 79.9. The van der Waals surface area contributed by atoms with E-state index in [-0.39, 0.29) is 0 Å². The number of aryl methyl sites for hydroxylation is 2. The van der Waals surface area contributed by atoms with Crippen LogP contribution < -0.4 is 11.1 Å². The van der Waals surface area contributed by atoms with Crippen molar-refractivity contribution >= 4 is 15.9 Å². The van der Waals surface area contributed by atoms with Crippen molar-refractivity contribution in [2.24, 2.45) is 7.05 Å². The first-order chi connectivity index (χ1) is 6.66. The Balaban J connectivity index is 2.84. The minimum Gasteiger partial charge on any atom is -0.312 e. The molecule has 14 heavy (non-hydrogen) atoms. The van der Waals surface area contributed by atoms with Crippen LogP contribution in [0.3, 0.4) is 0 Å². The van der Waals surface area contributed by atoms with Gasteiger partial charge in [0.1, 0.15) is 0 Å². The van der Waals surface area contributed by atoms with Crippen LogP contribution in [0.4, 0.5) is 0 Å². The first-order valence-corrected chi connectivity index (χ1v) is 5.61. The summed E-state index contributed by atoms with van der Waals surface area (Å²) in [4.78, 5) is 22.6. The van der Waals surface area contributed by atoms with E-state index in [1.165, 1.54) is 9.13 Å². The minimum atomic E-state index is -0.466. The molecule has 0 spiro atoms. The standard InChI is InChI=1S/C9H13BrN2O2/c1-11-6-7-12(5-3-2-4-10)9(14)8(11)13/h6-7H,2-5H2,1H3. The van der Waals surface area contributed by atoms with E-state index in [0.29, 0.717) is 6.54 Å². The molecule has 0 saturated carbocycles. The Morgan fingerprint density at radius 1 is 1.21 bits per heavy atom. The van der Waals surface area contributed by atoms with Crippen LogP contribution in [-0.2, 0) is 13.6 Å². The summed E-state index contributed by atoms with van der Waals surface area (Å²) < 4.78 is 2.76. The van der Waals surface area contributed by atoms with Gasteiger partial charge in [0.15, 0.2) is 0 Å². The molecule has 0 N–H and O–H groups in total. The van der Waals surface area contributed by atoms with E-state index in [1.54, 1.807) is 19.4 Å². The van der Waals surface area contributed by atoms with Crippen molar-refractivity contribution in [3.05, 3.63) is 33.1 Å². The van der Waals surface area contributed by atoms with Crippen LogP contribution in [0.15, 0.2) is 22.0 Å². The third kappa shape index (κ3) is 2.57. The fraction of sp³-hybridized carbons (Fsp3) is 0.556. The van der Waals surface area contributed by atoms with Crippen LogP contribution in [0.25, 0.3) is 0 Å². The summed E-state index contributed by atoms with van der Waals surface area (Å²) in [6, 6.07) is 0. The highest BCUT2D eigenvalue weighted by Gasteiger charge is 2.00. The molecule has 4 nitrogen and oxygen atoms in total. The summed E-state index contributed by atoms with van der Waals surface area (Å²) in [5.74, 6) is 0. The first kappa shape index (κ1) is 11.2. The third-order valence-corrected chi connectivity index (χ3v) is 2.58. The molecule has 0 aliphatic rings. The SMILES string of the molecule is Cn1ccn(CCCCBr)c(=O)c1=O. The minimum absolute atomic E-state index is 0.440. The van der Waals surface area contributed by atoms with Gasteiger partial charge in [-0.1, -0.05) is 15.9 Å². The summed E-state index contributed by atoms with van der Waals surface area (Å²) in [6.45, 7) is 0.612. The molecule has 0 bridgehead atoms. The molecule has 0 aliphatic carbocycles. The Kier molecular flexibility index (Phi) is 4.13. The normalized spacial score (nSPS) is 10.4. The van der Waals surface area contributed by atoms with Gasteiger partial charge in [-0.05, 0) is 12.8 Å². The van der Waals surface area contributed by atoms with E-state index < -0.39 is 11.1 Å². The van der Waals surface area contributed by atoms with Crippen molar-refractivity contribution in [1.82, 2.24) is 9.13 Å². The average molecular weight is 261 g/mol. The lowest BCUT2D eigenvalue weighted by Gasteiger charge is -2.04. The van der Waals surface area contributed by atoms with Crippen LogP contribution in [-0.4, -0.2) is 14.5 Å². The maximum atomic E-state index is 11.4. The Bertz CT molecular complexity index is 408. The van der Waals surface area contributed by atoms with E-state index in [2.05, 4.69) is 15.9 Å². The largest absolute Gasteiger partial charge is 0.316 e. The van der Waals surface area contributed by atoms with E-state index in [0.717, 1.165) is 18.2 Å². The monoisotopic (exact) mass is 260 g/mol. The highest BCUT2D eigenvalue weighted by Crippen LogP contribution is 1.95. The smallest absolute Gasteiger partial charge is 0.312 e. The second kappa shape index (κ2) is 5.14. The van der Waals surface area contributed by atoms with Crippen LogP contribution >= 0.6 is 15.9 Å². The van der Waals surface area contributed by atoms with Crippen LogP contribution in [0, 0.1) is 0 Å². The fourth-order valence-corrected chi connectivity index (χ4v) is 1.54. The first-order valence-electron chi connectivity index (χ1n) is 4.49. The van der Waals surface area contributed by atoms with Gasteiger partial charge in [-0.2, -0.15) is 0 Å². The molecule has 1 rings (SSSR count). The molecule has 0 amide bonds. The molecule has 0 saturated heterocycles. The molecule has 1 aromatic heterocycles. The molecule has 0 fully saturated rings. The summed E-state index contributed by atoms with van der Waals surface area (Å²) in [5.41, 5.74) is -0.907. The maximum Gasteiger partial charge on any atom is 0.316 e. The topological polar surface area (TPSA) is 44.0 Å². The Morgan fingerprint density at radius 2 is 1.93 bits per heavy atom. The van der Waals surface area contributed by atoms with E-state index in [1.807, 2.05) is 0 Å². The van der Waals surface area contributed by atoms with Gasteiger partial charge < -0.3 is 9.13 Å². The number of nitrogens with zero attached hydrogens (tertiary/aromatic N) is 2. The van der Waals surface area contributed by atoms with Gasteiger partial charge in [0.25, 0.3) is 0 Å². The van der Waals surface area contributed by atoms with E-state index >= 15 is 0 Å². The molecule has 0 atom stereocenters. The van der Waals surface area contributed by atoms with E-state index in [9.17, 15) is 9.59 Å². The second-order valence-electron chi connectivity index (χ2n) is 3.11. The molecule has 0 aromatic carbocycles. The Morgan fingerprint density at radius 3 is 2.57 bits per heavy atom. The van der Waals surface area contributed by atoms with Gasteiger partial charge in [-0.25, -0.2) is 0 Å². The third-order valence-electron chi connectivity index (χ3n) is 2.02. The van der Waals surface area contributed by atoms with Crippen molar-refractivity contribution < 1.29 is 0 Å². The van der Waals surface area contributed by atoms with Crippen LogP contribution in [0.5, 0.6) is 0 Å². The quantitative estimate of drug-likeness (QED) is 0.455. The number of unbranched alkanes of at least 4 members (excludes halogenated alkanes) is 1. The van der Waals surface area contributed by atoms with Crippen molar-refractivity contribution in [1.29, 1.82) is 0 Å². The van der Waals surface area contributed by atoms with Gasteiger partial charge in [0, 0.05) is 31.3 Å². The summed E-state index contributed by atoms with van der Waals surface area (Å²) in [6.07, 6.45) is 5.16. The molecular formula is C9H13BrN2O2. The zero-order valence-electron chi connectivity index (χ0n) is 8.07. The zero-order valence-corrected chi connectivity index (χ0v) is 9.66. The van der Waals surface area contributed by atoms with Crippen molar-refractivity contribution in [2.45, 2.75) is 19.4 Å². The molecule has 0 unspecified atom stereocenters. The maximum absolute atomic E-state index is 11.4. The molecule has 1 aromatic rings. The van der Waals surface area contributed by atoms with Gasteiger partial charge in [-0.3, -0.25) is 9.59 Å². The lowest BCUT2D eigenvalue weighted by atomic mass is 10.3. The number of alkyl halides is 1. The van der Waals surface area contributed by atoms with E-state index in [4.69, 9.17) is 0 Å². The zero-order chi connectivity index (χ0) is 10.6. The fourth-order valence-electron chi connectivity index (χ4n) is 1.14. The van der Waals surface area contributed by atoms with Gasteiger partial charge in [0.2, 0.25) is 0 Å². The number of aromatic nitrogens is 2. The highest BCUT2D eigenvalue weighted by molar-refractivity contribution is 9.09. The number of hydrogen-bond donors (Lipinski definition) is 0. The Hall–Kier alpha value is -0.840. The summed E-state index contributed by atoms with van der Waals surface area (Å²) in [5, 5.41) is 0.923. The second-order valence-corrected chi connectivity index (χ2v) is 3.90. The summed E-state index contributed by atoms with van der Waals surface area (Å²) in [7, 11) is 1.58. The Labute approximate surface area is 90.3 Å². The van der Waals surface area contributed by atoms with Crippen LogP contribution in [0.1, 0.15) is 12.8 Å². The van der Waals surface area contributed by atoms with Gasteiger partial charge >= 0.3 is 11.1 Å².